The Bertz CT molecular complexity index is 130. The van der Waals surface area contributed by atoms with Crippen molar-refractivity contribution in [2.24, 2.45) is 11.5 Å². The molecule has 7 N–H and O–H groups in total. The first-order valence-corrected chi connectivity index (χ1v) is 5.33. The minimum Gasteiger partial charge on any atom is -0.395 e. The standard InChI is InChI=1S/C3H10NO3P.C2H7NO.6CH4/c4-2-1-3-8(5,6)7;3-1-2-4;;;;;;/h1-4H2,(H2,5,6,7);4H,1-3H2;6*1H4. The highest BCUT2D eigenvalue weighted by molar-refractivity contribution is 7.51. The largest absolute Gasteiger partial charge is 0.395 e. The Morgan fingerprint density at radius 3 is 1.17 bits per heavy atom. The molecule has 0 unspecified atom stereocenters. The summed E-state index contributed by atoms with van der Waals surface area (Å²) < 4.78 is 10.0. The number of aliphatic hydroxyl groups excluding tert-OH is 1. The Labute approximate surface area is 116 Å². The lowest BCUT2D eigenvalue weighted by Gasteiger charge is -1.98. The molecule has 0 aromatic heterocycles. The monoisotopic (exact) mass is 296 g/mol. The Hall–Kier alpha value is 0.0300. The van der Waals surface area contributed by atoms with E-state index in [1.807, 2.05) is 0 Å². The van der Waals surface area contributed by atoms with E-state index < -0.39 is 7.60 Å². The number of rotatable bonds is 4. The maximum absolute atomic E-state index is 10.0. The van der Waals surface area contributed by atoms with Gasteiger partial charge in [0.2, 0.25) is 0 Å². The lowest BCUT2D eigenvalue weighted by molar-refractivity contribution is 0.306. The summed E-state index contributed by atoms with van der Waals surface area (Å²) in [5, 5.41) is 7.75. The quantitative estimate of drug-likeness (QED) is 0.506. The lowest BCUT2D eigenvalue weighted by atomic mass is 10.5. The van der Waals surface area contributed by atoms with Crippen LogP contribution in [0.3, 0.4) is 0 Å². The van der Waals surface area contributed by atoms with Crippen LogP contribution in [-0.4, -0.2) is 40.8 Å². The van der Waals surface area contributed by atoms with Crippen LogP contribution in [0.1, 0.15) is 51.0 Å². The second kappa shape index (κ2) is 36.0. The maximum atomic E-state index is 10.0. The Morgan fingerprint density at radius 1 is 0.833 bits per heavy atom. The van der Waals surface area contributed by atoms with E-state index in [4.69, 9.17) is 26.4 Å². The third-order valence-electron chi connectivity index (χ3n) is 0.783. The van der Waals surface area contributed by atoms with Crippen molar-refractivity contribution >= 4 is 7.60 Å². The van der Waals surface area contributed by atoms with Gasteiger partial charge < -0.3 is 26.4 Å². The second-order valence-corrected chi connectivity index (χ2v) is 3.82. The summed E-state index contributed by atoms with van der Waals surface area (Å²) in [4.78, 5) is 16.4. The summed E-state index contributed by atoms with van der Waals surface area (Å²) in [6, 6.07) is 0. The van der Waals surface area contributed by atoms with Crippen molar-refractivity contribution in [3.05, 3.63) is 0 Å². The summed E-state index contributed by atoms with van der Waals surface area (Å²) in [5.74, 6) is 0. The molecule has 0 atom stereocenters. The molecular weight excluding hydrogens is 255 g/mol. The van der Waals surface area contributed by atoms with Gasteiger partial charge in [-0.3, -0.25) is 4.57 Å². The normalized spacial score (nSPS) is 6.94. The maximum Gasteiger partial charge on any atom is 0.325 e. The van der Waals surface area contributed by atoms with Gasteiger partial charge in [0.05, 0.1) is 12.8 Å². The molecule has 0 heterocycles. The fourth-order valence-corrected chi connectivity index (χ4v) is 0.892. The molecule has 0 amide bonds. The fraction of sp³-hybridized carbons (Fsp3) is 1.00. The van der Waals surface area contributed by atoms with E-state index in [0.717, 1.165) is 0 Å². The molecule has 18 heavy (non-hydrogen) atoms. The summed E-state index contributed by atoms with van der Waals surface area (Å²) in [7, 11) is -3.76. The second-order valence-electron chi connectivity index (χ2n) is 2.04. The van der Waals surface area contributed by atoms with Gasteiger partial charge in [0, 0.05) is 6.54 Å². The molecule has 0 aromatic carbocycles. The van der Waals surface area contributed by atoms with Crippen molar-refractivity contribution in [1.82, 2.24) is 0 Å². The Morgan fingerprint density at radius 2 is 1.11 bits per heavy atom. The van der Waals surface area contributed by atoms with Crippen LogP contribution >= 0.6 is 7.60 Å². The minimum absolute atomic E-state index is 0. The zero-order valence-electron chi connectivity index (χ0n) is 6.89. The van der Waals surface area contributed by atoms with E-state index in [1.165, 1.54) is 0 Å². The van der Waals surface area contributed by atoms with Crippen LogP contribution in [0.15, 0.2) is 0 Å². The van der Waals surface area contributed by atoms with E-state index >= 15 is 0 Å². The van der Waals surface area contributed by atoms with Crippen molar-refractivity contribution in [3.63, 3.8) is 0 Å². The molecule has 6 nitrogen and oxygen atoms in total. The van der Waals surface area contributed by atoms with Crippen molar-refractivity contribution < 1.29 is 19.5 Å². The van der Waals surface area contributed by atoms with Crippen LogP contribution in [0.4, 0.5) is 0 Å². The first-order valence-electron chi connectivity index (χ1n) is 3.53. The molecule has 7 heteroatoms. The smallest absolute Gasteiger partial charge is 0.325 e. The summed E-state index contributed by atoms with van der Waals surface area (Å²) in [6.45, 7) is 0.811. The molecule has 0 aliphatic carbocycles. The minimum atomic E-state index is -3.76. The van der Waals surface area contributed by atoms with Gasteiger partial charge in [0.15, 0.2) is 0 Å². The van der Waals surface area contributed by atoms with Gasteiger partial charge in [0.25, 0.3) is 0 Å². The topological polar surface area (TPSA) is 130 Å². The van der Waals surface area contributed by atoms with Crippen molar-refractivity contribution in [2.45, 2.75) is 51.0 Å². The molecule has 0 bridgehead atoms. The van der Waals surface area contributed by atoms with Gasteiger partial charge >= 0.3 is 7.60 Å². The molecule has 0 saturated heterocycles. The van der Waals surface area contributed by atoms with E-state index in [1.54, 1.807) is 0 Å². The van der Waals surface area contributed by atoms with Gasteiger partial charge in [-0.2, -0.15) is 0 Å². The molecular formula is C11H41N2O4P. The Kier molecular flexibility index (Phi) is 104. The van der Waals surface area contributed by atoms with E-state index in [0.29, 0.717) is 19.5 Å². The average Bonchev–Trinajstić information content (AvgIpc) is 2.00. The Balaban J connectivity index is -0.0000000152. The third-order valence-corrected chi connectivity index (χ3v) is 1.68. The zero-order chi connectivity index (χ0) is 10.0. The molecule has 0 spiro atoms. The van der Waals surface area contributed by atoms with Crippen molar-refractivity contribution in [1.29, 1.82) is 0 Å². The summed E-state index contributed by atoms with van der Waals surface area (Å²) in [6.07, 6.45) is 0.299. The molecule has 0 saturated carbocycles. The van der Waals surface area contributed by atoms with Gasteiger partial charge in [-0.05, 0) is 13.0 Å². The first-order chi connectivity index (χ1) is 5.47. The average molecular weight is 296 g/mol. The summed E-state index contributed by atoms with van der Waals surface area (Å²) >= 11 is 0. The molecule has 124 valence electrons. The van der Waals surface area contributed by atoms with Gasteiger partial charge in [-0.15, -0.1) is 0 Å². The number of hydrogen-bond donors (Lipinski definition) is 5. The predicted molar refractivity (Wildman–Crippen MR) is 87.1 cm³/mol. The lowest BCUT2D eigenvalue weighted by Crippen LogP contribution is -2.02. The van der Waals surface area contributed by atoms with Gasteiger partial charge in [0.1, 0.15) is 0 Å². The number of hydrogen-bond acceptors (Lipinski definition) is 4. The van der Waals surface area contributed by atoms with Crippen LogP contribution < -0.4 is 11.5 Å². The van der Waals surface area contributed by atoms with Crippen molar-refractivity contribution in [3.8, 4) is 0 Å². The molecule has 0 aliphatic rings. The number of aliphatic hydroxyl groups is 1. The van der Waals surface area contributed by atoms with Crippen LogP contribution in [0.5, 0.6) is 0 Å². The van der Waals surface area contributed by atoms with Crippen LogP contribution in [-0.2, 0) is 4.57 Å². The van der Waals surface area contributed by atoms with E-state index in [2.05, 4.69) is 0 Å². The third kappa shape index (κ3) is 99.6. The number of nitrogens with two attached hydrogens (primary N) is 2. The highest BCUT2D eigenvalue weighted by Gasteiger charge is 2.09. The molecule has 0 rings (SSSR count). The van der Waals surface area contributed by atoms with E-state index in [-0.39, 0.29) is 57.3 Å². The van der Waals surface area contributed by atoms with Crippen LogP contribution in [0, 0.1) is 0 Å². The van der Waals surface area contributed by atoms with Crippen molar-refractivity contribution in [2.75, 3.05) is 25.9 Å². The highest BCUT2D eigenvalue weighted by atomic mass is 31.2. The molecule has 0 aliphatic heterocycles. The van der Waals surface area contributed by atoms with Gasteiger partial charge in [-0.25, -0.2) is 0 Å². The first kappa shape index (κ1) is 52.0. The predicted octanol–water partition coefficient (Wildman–Crippen LogP) is 2.27. The molecule has 0 fully saturated rings. The highest BCUT2D eigenvalue weighted by Crippen LogP contribution is 2.34. The fourth-order valence-electron chi connectivity index (χ4n) is 0.297. The van der Waals surface area contributed by atoms with E-state index in [9.17, 15) is 4.57 Å². The molecule has 0 aromatic rings. The zero-order valence-corrected chi connectivity index (χ0v) is 7.78. The van der Waals surface area contributed by atoms with Gasteiger partial charge in [-0.1, -0.05) is 44.6 Å². The SMILES string of the molecule is C.C.C.C.C.C.NCCCP(=O)(O)O.NCCO. The summed E-state index contributed by atoms with van der Waals surface area (Å²) in [5.41, 5.74) is 9.77. The molecule has 0 radical (unpaired) electrons. The van der Waals surface area contributed by atoms with Crippen LogP contribution in [0.2, 0.25) is 0 Å². The van der Waals surface area contributed by atoms with Crippen LogP contribution in [0.25, 0.3) is 0 Å².